The molecule has 2 rings (SSSR count). The van der Waals surface area contributed by atoms with Gasteiger partial charge in [-0.1, -0.05) is 11.6 Å². The van der Waals surface area contributed by atoms with Crippen LogP contribution in [-0.4, -0.2) is 17.9 Å². The molecule has 0 aromatic heterocycles. The predicted octanol–water partition coefficient (Wildman–Crippen LogP) is 2.72. The van der Waals surface area contributed by atoms with Crippen molar-refractivity contribution in [2.45, 2.75) is 20.3 Å². The fourth-order valence-electron chi connectivity index (χ4n) is 1.73. The Morgan fingerprint density at radius 3 is 2.82 bits per heavy atom. The second kappa shape index (κ2) is 4.11. The Morgan fingerprint density at radius 1 is 1.47 bits per heavy atom. The molecule has 1 aliphatic heterocycles. The third kappa shape index (κ3) is 2.31. The summed E-state index contributed by atoms with van der Waals surface area (Å²) in [6.07, 6.45) is 0.342. The number of ether oxygens (including phenoxy) is 2. The number of aliphatic carboxylic acids is 1. The van der Waals surface area contributed by atoms with E-state index in [1.54, 1.807) is 26.0 Å². The van der Waals surface area contributed by atoms with E-state index in [-0.39, 0.29) is 6.79 Å². The van der Waals surface area contributed by atoms with Crippen LogP contribution in [-0.2, 0) is 11.2 Å². The standard InChI is InChI=1S/C12H13ClO4/c1-12(2,11(14)15)5-7-3-8(13)4-9-10(7)17-6-16-9/h3-4H,5-6H2,1-2H3,(H,14,15). The zero-order chi connectivity index (χ0) is 12.6. The number of hydrogen-bond donors (Lipinski definition) is 1. The van der Waals surface area contributed by atoms with E-state index < -0.39 is 11.4 Å². The Balaban J connectivity index is 2.37. The van der Waals surface area contributed by atoms with Gasteiger partial charge in [-0.2, -0.15) is 0 Å². The summed E-state index contributed by atoms with van der Waals surface area (Å²) in [6.45, 7) is 3.48. The molecule has 4 nitrogen and oxygen atoms in total. The average Bonchev–Trinajstić information content (AvgIpc) is 2.64. The summed E-state index contributed by atoms with van der Waals surface area (Å²) >= 11 is 5.95. The molecule has 1 aromatic rings. The molecule has 0 bridgehead atoms. The van der Waals surface area contributed by atoms with Crippen LogP contribution in [0.3, 0.4) is 0 Å². The number of benzene rings is 1. The molecule has 0 atom stereocenters. The number of carbonyl (C=O) groups is 1. The monoisotopic (exact) mass is 256 g/mol. The number of carboxylic acids is 1. The van der Waals surface area contributed by atoms with Crippen molar-refractivity contribution in [2.75, 3.05) is 6.79 Å². The third-order valence-electron chi connectivity index (χ3n) is 2.73. The highest BCUT2D eigenvalue weighted by molar-refractivity contribution is 6.30. The molecular weight excluding hydrogens is 244 g/mol. The molecule has 0 radical (unpaired) electrons. The van der Waals surface area contributed by atoms with Crippen LogP contribution in [0.25, 0.3) is 0 Å². The van der Waals surface area contributed by atoms with Crippen molar-refractivity contribution in [1.29, 1.82) is 0 Å². The Bertz CT molecular complexity index is 468. The van der Waals surface area contributed by atoms with Gasteiger partial charge in [-0.05, 0) is 26.3 Å². The van der Waals surface area contributed by atoms with Gasteiger partial charge in [0.2, 0.25) is 6.79 Å². The maximum atomic E-state index is 11.1. The number of halogens is 1. The Kier molecular flexibility index (Phi) is 2.91. The second-order valence-corrected chi connectivity index (χ2v) is 5.10. The van der Waals surface area contributed by atoms with E-state index in [9.17, 15) is 4.79 Å². The zero-order valence-corrected chi connectivity index (χ0v) is 10.4. The summed E-state index contributed by atoms with van der Waals surface area (Å²) in [5, 5.41) is 9.63. The lowest BCUT2D eigenvalue weighted by Gasteiger charge is -2.19. The number of carboxylic acid groups (broad SMARTS) is 1. The van der Waals surface area contributed by atoms with Crippen molar-refractivity contribution in [1.82, 2.24) is 0 Å². The molecule has 0 aliphatic carbocycles. The van der Waals surface area contributed by atoms with Gasteiger partial charge >= 0.3 is 5.97 Å². The molecule has 1 heterocycles. The van der Waals surface area contributed by atoms with Gasteiger partial charge in [0, 0.05) is 16.7 Å². The van der Waals surface area contributed by atoms with E-state index in [0.29, 0.717) is 22.9 Å². The smallest absolute Gasteiger partial charge is 0.309 e. The quantitative estimate of drug-likeness (QED) is 0.903. The molecule has 17 heavy (non-hydrogen) atoms. The van der Waals surface area contributed by atoms with Gasteiger partial charge < -0.3 is 14.6 Å². The molecule has 1 aliphatic rings. The minimum Gasteiger partial charge on any atom is -0.481 e. The first kappa shape index (κ1) is 12.0. The molecule has 0 saturated carbocycles. The minimum absolute atomic E-state index is 0.149. The van der Waals surface area contributed by atoms with E-state index in [0.717, 1.165) is 5.56 Å². The van der Waals surface area contributed by atoms with E-state index in [4.69, 9.17) is 26.2 Å². The predicted molar refractivity (Wildman–Crippen MR) is 62.7 cm³/mol. The highest BCUT2D eigenvalue weighted by atomic mass is 35.5. The normalized spacial score (nSPS) is 13.8. The first-order valence-electron chi connectivity index (χ1n) is 5.21. The van der Waals surface area contributed by atoms with E-state index in [2.05, 4.69) is 0 Å². The summed E-state index contributed by atoms with van der Waals surface area (Å²) in [5.74, 6) is 0.322. The molecule has 1 aromatic carbocycles. The lowest BCUT2D eigenvalue weighted by molar-refractivity contribution is -0.146. The van der Waals surface area contributed by atoms with Crippen LogP contribution in [0.15, 0.2) is 12.1 Å². The van der Waals surface area contributed by atoms with Crippen molar-refractivity contribution in [2.24, 2.45) is 5.41 Å². The first-order valence-corrected chi connectivity index (χ1v) is 5.59. The summed E-state index contributed by atoms with van der Waals surface area (Å²) < 4.78 is 10.6. The fourth-order valence-corrected chi connectivity index (χ4v) is 1.96. The fraction of sp³-hybridized carbons (Fsp3) is 0.417. The maximum absolute atomic E-state index is 11.1. The number of hydrogen-bond acceptors (Lipinski definition) is 3. The van der Waals surface area contributed by atoms with Gasteiger partial charge in [0.15, 0.2) is 11.5 Å². The summed E-state index contributed by atoms with van der Waals surface area (Å²) in [7, 11) is 0. The van der Waals surface area contributed by atoms with Gasteiger partial charge in [0.1, 0.15) is 0 Å². The lowest BCUT2D eigenvalue weighted by Crippen LogP contribution is -2.26. The van der Waals surface area contributed by atoms with Crippen LogP contribution >= 0.6 is 11.6 Å². The molecule has 0 spiro atoms. The topological polar surface area (TPSA) is 55.8 Å². The third-order valence-corrected chi connectivity index (χ3v) is 2.94. The molecule has 92 valence electrons. The second-order valence-electron chi connectivity index (χ2n) is 4.66. The highest BCUT2D eigenvalue weighted by Gasteiger charge is 2.30. The summed E-state index contributed by atoms with van der Waals surface area (Å²) in [6, 6.07) is 3.39. The van der Waals surface area contributed by atoms with Gasteiger partial charge in [-0.15, -0.1) is 0 Å². The van der Waals surface area contributed by atoms with Crippen LogP contribution in [0.1, 0.15) is 19.4 Å². The average molecular weight is 257 g/mol. The van der Waals surface area contributed by atoms with Crippen LogP contribution in [0.5, 0.6) is 11.5 Å². The number of fused-ring (bicyclic) bond motifs is 1. The summed E-state index contributed by atoms with van der Waals surface area (Å²) in [5.41, 5.74) is -0.109. The molecule has 5 heteroatoms. The Morgan fingerprint density at radius 2 is 2.18 bits per heavy atom. The SMILES string of the molecule is CC(C)(Cc1cc(Cl)cc2c1OCO2)C(=O)O. The van der Waals surface area contributed by atoms with E-state index in [1.165, 1.54) is 0 Å². The van der Waals surface area contributed by atoms with E-state index >= 15 is 0 Å². The maximum Gasteiger partial charge on any atom is 0.309 e. The van der Waals surface area contributed by atoms with Crippen molar-refractivity contribution in [3.05, 3.63) is 22.7 Å². The Hall–Kier alpha value is -1.42. The minimum atomic E-state index is -0.871. The van der Waals surface area contributed by atoms with Crippen molar-refractivity contribution in [3.63, 3.8) is 0 Å². The highest BCUT2D eigenvalue weighted by Crippen LogP contribution is 2.40. The van der Waals surface area contributed by atoms with Crippen molar-refractivity contribution >= 4 is 17.6 Å². The van der Waals surface area contributed by atoms with Gasteiger partial charge in [0.05, 0.1) is 5.41 Å². The van der Waals surface area contributed by atoms with Crippen LogP contribution in [0.2, 0.25) is 5.02 Å². The molecule has 0 fully saturated rings. The number of rotatable bonds is 3. The Labute approximate surface area is 104 Å². The van der Waals surface area contributed by atoms with Crippen LogP contribution in [0.4, 0.5) is 0 Å². The molecule has 1 N–H and O–H groups in total. The molecule has 0 unspecified atom stereocenters. The van der Waals surface area contributed by atoms with Gasteiger partial charge in [-0.25, -0.2) is 0 Å². The lowest BCUT2D eigenvalue weighted by atomic mass is 9.85. The summed E-state index contributed by atoms with van der Waals surface area (Å²) in [4.78, 5) is 11.1. The molecule has 0 saturated heterocycles. The molecular formula is C12H13ClO4. The van der Waals surface area contributed by atoms with Crippen molar-refractivity contribution < 1.29 is 19.4 Å². The van der Waals surface area contributed by atoms with E-state index in [1.807, 2.05) is 0 Å². The van der Waals surface area contributed by atoms with Crippen LogP contribution in [0, 0.1) is 5.41 Å². The first-order chi connectivity index (χ1) is 7.90. The largest absolute Gasteiger partial charge is 0.481 e. The van der Waals surface area contributed by atoms with Crippen molar-refractivity contribution in [3.8, 4) is 11.5 Å². The van der Waals surface area contributed by atoms with Gasteiger partial charge in [0.25, 0.3) is 0 Å². The zero-order valence-electron chi connectivity index (χ0n) is 9.62. The van der Waals surface area contributed by atoms with Gasteiger partial charge in [-0.3, -0.25) is 4.79 Å². The molecule has 0 amide bonds. The van der Waals surface area contributed by atoms with Crippen LogP contribution < -0.4 is 9.47 Å².